The standard InChI is InChI=1S/C11H18N4O3S/c1-3-19-7-8(2)13-11(18)14-9-4-12-15(5-9)6-10(16)17/h4-5,8H,3,6-7H2,1-2H3,(H,16,17)(H2,13,14,18). The smallest absolute Gasteiger partial charge is 0.325 e. The largest absolute Gasteiger partial charge is 0.480 e. The number of nitrogens with zero attached hydrogens (tertiary/aromatic N) is 2. The molecule has 0 aromatic carbocycles. The number of hydrogen-bond acceptors (Lipinski definition) is 4. The van der Waals surface area contributed by atoms with Crippen LogP contribution >= 0.6 is 11.8 Å². The van der Waals surface area contributed by atoms with Crippen molar-refractivity contribution in [3.05, 3.63) is 12.4 Å². The molecule has 0 aliphatic rings. The number of anilines is 1. The Morgan fingerprint density at radius 2 is 2.32 bits per heavy atom. The fourth-order valence-corrected chi connectivity index (χ4v) is 2.05. The zero-order valence-corrected chi connectivity index (χ0v) is 11.7. The zero-order chi connectivity index (χ0) is 14.3. The van der Waals surface area contributed by atoms with E-state index in [1.165, 1.54) is 17.1 Å². The first-order chi connectivity index (χ1) is 9.01. The van der Waals surface area contributed by atoms with E-state index in [-0.39, 0.29) is 18.6 Å². The minimum atomic E-state index is -0.982. The van der Waals surface area contributed by atoms with Crippen LogP contribution < -0.4 is 10.6 Å². The van der Waals surface area contributed by atoms with Crippen LogP contribution in [-0.4, -0.2) is 44.4 Å². The van der Waals surface area contributed by atoms with Crippen LogP contribution in [0, 0.1) is 0 Å². The normalized spacial score (nSPS) is 11.9. The van der Waals surface area contributed by atoms with E-state index >= 15 is 0 Å². The van der Waals surface area contributed by atoms with Crippen LogP contribution in [0.2, 0.25) is 0 Å². The van der Waals surface area contributed by atoms with Gasteiger partial charge >= 0.3 is 12.0 Å². The summed E-state index contributed by atoms with van der Waals surface area (Å²) in [5, 5.41) is 17.8. The molecule has 3 N–H and O–H groups in total. The maximum Gasteiger partial charge on any atom is 0.325 e. The summed E-state index contributed by atoms with van der Waals surface area (Å²) in [5.74, 6) is 0.877. The highest BCUT2D eigenvalue weighted by atomic mass is 32.2. The second kappa shape index (κ2) is 7.67. The van der Waals surface area contributed by atoms with Crippen LogP contribution in [0.15, 0.2) is 12.4 Å². The summed E-state index contributed by atoms with van der Waals surface area (Å²) in [6.07, 6.45) is 2.88. The van der Waals surface area contributed by atoms with Gasteiger partial charge in [0.1, 0.15) is 6.54 Å². The van der Waals surface area contributed by atoms with Crippen molar-refractivity contribution in [2.45, 2.75) is 26.4 Å². The van der Waals surface area contributed by atoms with Crippen molar-refractivity contribution in [3.63, 3.8) is 0 Å². The van der Waals surface area contributed by atoms with Gasteiger partial charge < -0.3 is 15.7 Å². The lowest BCUT2D eigenvalue weighted by atomic mass is 10.4. The van der Waals surface area contributed by atoms with Crippen LogP contribution in [0.25, 0.3) is 0 Å². The number of rotatable bonds is 7. The number of hydrogen-bond donors (Lipinski definition) is 3. The summed E-state index contributed by atoms with van der Waals surface area (Å²) in [4.78, 5) is 22.1. The summed E-state index contributed by atoms with van der Waals surface area (Å²) >= 11 is 1.75. The predicted octanol–water partition coefficient (Wildman–Crippen LogP) is 1.23. The average molecular weight is 286 g/mol. The number of aromatic nitrogens is 2. The van der Waals surface area contributed by atoms with Crippen molar-refractivity contribution in [1.29, 1.82) is 0 Å². The van der Waals surface area contributed by atoms with E-state index < -0.39 is 5.97 Å². The number of carbonyl (C=O) groups is 2. The molecule has 7 nitrogen and oxygen atoms in total. The van der Waals surface area contributed by atoms with Crippen molar-refractivity contribution >= 4 is 29.4 Å². The van der Waals surface area contributed by atoms with Gasteiger partial charge in [0.15, 0.2) is 0 Å². The Kier molecular flexibility index (Phi) is 6.20. The molecule has 0 radical (unpaired) electrons. The average Bonchev–Trinajstić information content (AvgIpc) is 2.72. The highest BCUT2D eigenvalue weighted by Gasteiger charge is 2.09. The lowest BCUT2D eigenvalue weighted by Crippen LogP contribution is -2.37. The fraction of sp³-hybridized carbons (Fsp3) is 0.545. The molecule has 0 spiro atoms. The maximum atomic E-state index is 11.6. The Labute approximate surface area is 115 Å². The van der Waals surface area contributed by atoms with E-state index in [4.69, 9.17) is 5.11 Å². The third kappa shape index (κ3) is 6.14. The van der Waals surface area contributed by atoms with Gasteiger partial charge in [-0.2, -0.15) is 16.9 Å². The molecule has 2 amide bonds. The molecule has 0 saturated carbocycles. The van der Waals surface area contributed by atoms with Gasteiger partial charge in [-0.25, -0.2) is 4.79 Å². The highest BCUT2D eigenvalue weighted by molar-refractivity contribution is 7.99. The molecular weight excluding hydrogens is 268 g/mol. The van der Waals surface area contributed by atoms with E-state index in [1.807, 2.05) is 6.92 Å². The summed E-state index contributed by atoms with van der Waals surface area (Å²) < 4.78 is 1.24. The van der Waals surface area contributed by atoms with Gasteiger partial charge in [0.25, 0.3) is 0 Å². The van der Waals surface area contributed by atoms with E-state index in [0.717, 1.165) is 11.5 Å². The van der Waals surface area contributed by atoms with Crippen molar-refractivity contribution in [2.75, 3.05) is 16.8 Å². The second-order valence-corrected chi connectivity index (χ2v) is 5.30. The van der Waals surface area contributed by atoms with Crippen LogP contribution in [0.5, 0.6) is 0 Å². The molecule has 0 bridgehead atoms. The lowest BCUT2D eigenvalue weighted by molar-refractivity contribution is -0.137. The van der Waals surface area contributed by atoms with Gasteiger partial charge in [0.2, 0.25) is 0 Å². The predicted molar refractivity (Wildman–Crippen MR) is 74.5 cm³/mol. The first-order valence-corrected chi connectivity index (χ1v) is 7.06. The number of nitrogens with one attached hydrogen (secondary N) is 2. The Hall–Kier alpha value is -1.70. The molecule has 19 heavy (non-hydrogen) atoms. The molecule has 0 saturated heterocycles. The van der Waals surface area contributed by atoms with Crippen LogP contribution in [0.1, 0.15) is 13.8 Å². The Morgan fingerprint density at radius 3 is 2.95 bits per heavy atom. The fourth-order valence-electron chi connectivity index (χ4n) is 1.38. The number of aliphatic carboxylic acids is 1. The Bertz CT molecular complexity index is 435. The van der Waals surface area contributed by atoms with E-state index in [1.54, 1.807) is 11.8 Å². The van der Waals surface area contributed by atoms with Crippen LogP contribution in [-0.2, 0) is 11.3 Å². The molecule has 1 heterocycles. The van der Waals surface area contributed by atoms with Crippen LogP contribution in [0.3, 0.4) is 0 Å². The Morgan fingerprint density at radius 1 is 1.58 bits per heavy atom. The summed E-state index contributed by atoms with van der Waals surface area (Å²) in [7, 11) is 0. The van der Waals surface area contributed by atoms with Crippen molar-refractivity contribution in [2.24, 2.45) is 0 Å². The van der Waals surface area contributed by atoms with Crippen molar-refractivity contribution in [1.82, 2.24) is 15.1 Å². The minimum absolute atomic E-state index is 0.0685. The molecule has 1 rings (SSSR count). The molecule has 8 heteroatoms. The molecular formula is C11H18N4O3S. The maximum absolute atomic E-state index is 11.6. The molecule has 1 unspecified atom stereocenters. The lowest BCUT2D eigenvalue weighted by Gasteiger charge is -2.13. The minimum Gasteiger partial charge on any atom is -0.480 e. The Balaban J connectivity index is 2.39. The number of carboxylic acids is 1. The highest BCUT2D eigenvalue weighted by Crippen LogP contribution is 2.05. The topological polar surface area (TPSA) is 96.3 Å². The van der Waals surface area contributed by atoms with Gasteiger partial charge in [0.05, 0.1) is 11.9 Å². The summed E-state index contributed by atoms with van der Waals surface area (Å²) in [6.45, 7) is 3.76. The monoisotopic (exact) mass is 286 g/mol. The van der Waals surface area contributed by atoms with Crippen molar-refractivity contribution in [3.8, 4) is 0 Å². The van der Waals surface area contributed by atoms with Crippen LogP contribution in [0.4, 0.5) is 10.5 Å². The SMILES string of the molecule is CCSCC(C)NC(=O)Nc1cnn(CC(=O)O)c1. The third-order valence-corrected chi connectivity index (χ3v) is 3.28. The van der Waals surface area contributed by atoms with Crippen molar-refractivity contribution < 1.29 is 14.7 Å². The number of urea groups is 1. The first kappa shape index (κ1) is 15.4. The van der Waals surface area contributed by atoms with Gasteiger partial charge in [-0.3, -0.25) is 9.48 Å². The zero-order valence-electron chi connectivity index (χ0n) is 10.9. The molecule has 1 atom stereocenters. The van der Waals surface area contributed by atoms with Gasteiger partial charge in [-0.15, -0.1) is 0 Å². The van der Waals surface area contributed by atoms with E-state index in [2.05, 4.69) is 22.7 Å². The summed E-state index contributed by atoms with van der Waals surface area (Å²) in [5.41, 5.74) is 0.467. The van der Waals surface area contributed by atoms with Gasteiger partial charge in [0, 0.05) is 18.0 Å². The molecule has 106 valence electrons. The molecule has 1 aromatic heterocycles. The molecule has 0 fully saturated rings. The molecule has 1 aromatic rings. The van der Waals surface area contributed by atoms with E-state index in [9.17, 15) is 9.59 Å². The van der Waals surface area contributed by atoms with E-state index in [0.29, 0.717) is 5.69 Å². The second-order valence-electron chi connectivity index (χ2n) is 3.98. The third-order valence-electron chi connectivity index (χ3n) is 2.14. The number of carbonyl (C=O) groups excluding carboxylic acids is 1. The number of carboxylic acid groups (broad SMARTS) is 1. The first-order valence-electron chi connectivity index (χ1n) is 5.90. The van der Waals surface area contributed by atoms with Gasteiger partial charge in [-0.05, 0) is 12.7 Å². The van der Waals surface area contributed by atoms with Gasteiger partial charge in [-0.1, -0.05) is 6.92 Å². The summed E-state index contributed by atoms with van der Waals surface area (Å²) in [6, 6.07) is -0.252. The number of amides is 2. The molecule has 0 aliphatic heterocycles. The quantitative estimate of drug-likeness (QED) is 0.700. The number of thioether (sulfide) groups is 1. The molecule has 0 aliphatic carbocycles.